The summed E-state index contributed by atoms with van der Waals surface area (Å²) in [4.78, 5) is 27.3. The van der Waals surface area contributed by atoms with E-state index in [4.69, 9.17) is 27.9 Å². The molecule has 1 amide bonds. The quantitative estimate of drug-likeness (QED) is 0.213. The molecule has 1 saturated heterocycles. The van der Waals surface area contributed by atoms with Crippen LogP contribution in [0, 0.1) is 13.8 Å². The van der Waals surface area contributed by atoms with Crippen LogP contribution >= 0.6 is 23.2 Å². The molecule has 2 N–H and O–H groups in total. The van der Waals surface area contributed by atoms with Crippen LogP contribution in [0.25, 0.3) is 0 Å². The van der Waals surface area contributed by atoms with Crippen LogP contribution in [0.1, 0.15) is 35.3 Å². The highest BCUT2D eigenvalue weighted by Crippen LogP contribution is 2.36. The van der Waals surface area contributed by atoms with E-state index in [9.17, 15) is 4.79 Å². The zero-order valence-corrected chi connectivity index (χ0v) is 25.6. The number of carbonyl (C=O) groups excluding carboxylic acids is 1. The largest absolute Gasteiger partial charge is 0.436 e. The number of rotatable bonds is 8. The van der Waals surface area contributed by atoms with Gasteiger partial charge in [0.2, 0.25) is 11.8 Å². The third kappa shape index (κ3) is 6.78. The molecule has 1 fully saturated rings. The lowest BCUT2D eigenvalue weighted by Crippen LogP contribution is -2.48. The van der Waals surface area contributed by atoms with Gasteiger partial charge in [-0.25, -0.2) is 4.98 Å². The van der Waals surface area contributed by atoms with Gasteiger partial charge in [0.15, 0.2) is 0 Å². The number of hydrogen-bond donors (Lipinski definition) is 2. The molecule has 0 radical (unpaired) electrons. The predicted molar refractivity (Wildman–Crippen MR) is 171 cm³/mol. The van der Waals surface area contributed by atoms with Gasteiger partial charge in [-0.05, 0) is 75.2 Å². The molecule has 0 unspecified atom stereocenters. The Morgan fingerprint density at radius 3 is 2.26 bits per heavy atom. The first-order chi connectivity index (χ1) is 20.2. The lowest BCUT2D eigenvalue weighted by atomic mass is 10.1. The molecule has 10 heteroatoms. The smallest absolute Gasteiger partial charge is 0.262 e. The van der Waals surface area contributed by atoms with Crippen LogP contribution in [0.2, 0.25) is 10.0 Å². The maximum Gasteiger partial charge on any atom is 0.262 e. The van der Waals surface area contributed by atoms with Crippen LogP contribution < -0.4 is 20.3 Å². The number of benzene rings is 3. The fourth-order valence-corrected chi connectivity index (χ4v) is 5.23. The zero-order chi connectivity index (χ0) is 29.8. The van der Waals surface area contributed by atoms with E-state index in [-0.39, 0.29) is 28.2 Å². The Labute approximate surface area is 256 Å². The van der Waals surface area contributed by atoms with Gasteiger partial charge in [0.1, 0.15) is 16.3 Å². The molecule has 3 aromatic carbocycles. The van der Waals surface area contributed by atoms with Gasteiger partial charge < -0.3 is 20.3 Å². The Morgan fingerprint density at radius 1 is 0.929 bits per heavy atom. The second kappa shape index (κ2) is 13.0. The standard InChI is InChI=1S/C32H34Cl2N6O2/c1-20(2)39-15-17-40(18-16-39)24-13-11-23(12-14-24)36-32-35-19-25(30(41)37-29-21(3)7-5-8-22(29)4)31(38-32)42-27-10-6-9-26(33)28(27)34/h5-14,19-20H,15-18H2,1-4H3,(H,37,41)(H,35,36,38). The van der Waals surface area contributed by atoms with Crippen LogP contribution in [0.3, 0.4) is 0 Å². The van der Waals surface area contributed by atoms with E-state index < -0.39 is 5.91 Å². The topological polar surface area (TPSA) is 82.6 Å². The van der Waals surface area contributed by atoms with Crippen molar-refractivity contribution in [1.29, 1.82) is 0 Å². The third-order valence-corrected chi connectivity index (χ3v) is 8.18. The number of amides is 1. The van der Waals surface area contributed by atoms with Crippen molar-refractivity contribution >= 4 is 52.1 Å². The minimum atomic E-state index is -0.408. The Bertz CT molecular complexity index is 1550. The molecule has 5 rings (SSSR count). The highest BCUT2D eigenvalue weighted by molar-refractivity contribution is 6.42. The molecule has 42 heavy (non-hydrogen) atoms. The van der Waals surface area contributed by atoms with E-state index in [1.165, 1.54) is 11.9 Å². The van der Waals surface area contributed by atoms with Crippen LogP contribution in [-0.4, -0.2) is 53.0 Å². The number of piperazine rings is 1. The Kier molecular flexibility index (Phi) is 9.16. The number of halogens is 2. The molecule has 1 aliphatic heterocycles. The molecule has 2 heterocycles. The predicted octanol–water partition coefficient (Wildman–Crippen LogP) is 7.72. The molecular formula is C32H34Cl2N6O2. The summed E-state index contributed by atoms with van der Waals surface area (Å²) in [6.07, 6.45) is 1.44. The van der Waals surface area contributed by atoms with Crippen molar-refractivity contribution in [3.63, 3.8) is 0 Å². The summed E-state index contributed by atoms with van der Waals surface area (Å²) < 4.78 is 6.06. The molecule has 0 saturated carbocycles. The number of ether oxygens (including phenoxy) is 1. The number of aryl methyl sites for hydroxylation is 2. The van der Waals surface area contributed by atoms with Crippen LogP contribution in [0.4, 0.5) is 23.0 Å². The summed E-state index contributed by atoms with van der Waals surface area (Å²) in [5.74, 6) is 0.177. The minimum Gasteiger partial charge on any atom is -0.436 e. The molecule has 1 aromatic heterocycles. The number of aromatic nitrogens is 2. The van der Waals surface area contributed by atoms with Gasteiger partial charge in [0.25, 0.3) is 5.91 Å². The second-order valence-corrected chi connectivity index (χ2v) is 11.4. The van der Waals surface area contributed by atoms with Crippen molar-refractivity contribution in [2.45, 2.75) is 33.7 Å². The van der Waals surface area contributed by atoms with Crippen LogP contribution in [0.15, 0.2) is 66.9 Å². The van der Waals surface area contributed by atoms with Crippen molar-refractivity contribution in [3.05, 3.63) is 93.6 Å². The minimum absolute atomic E-state index is 0.0417. The average molecular weight is 606 g/mol. The van der Waals surface area contributed by atoms with Gasteiger partial charge in [0, 0.05) is 55.5 Å². The summed E-state index contributed by atoms with van der Waals surface area (Å²) in [5, 5.41) is 6.75. The summed E-state index contributed by atoms with van der Waals surface area (Å²) in [7, 11) is 0. The van der Waals surface area contributed by atoms with E-state index >= 15 is 0 Å². The monoisotopic (exact) mass is 604 g/mol. The zero-order valence-electron chi connectivity index (χ0n) is 24.1. The highest BCUT2D eigenvalue weighted by atomic mass is 35.5. The number of carbonyl (C=O) groups is 1. The normalized spacial score (nSPS) is 13.7. The van der Waals surface area contributed by atoms with E-state index in [1.54, 1.807) is 18.2 Å². The molecule has 1 aliphatic rings. The van der Waals surface area contributed by atoms with Gasteiger partial charge in [-0.15, -0.1) is 0 Å². The lowest BCUT2D eigenvalue weighted by molar-refractivity contribution is 0.102. The number of anilines is 4. The molecule has 0 atom stereocenters. The molecule has 0 bridgehead atoms. The molecule has 218 valence electrons. The van der Waals surface area contributed by atoms with E-state index in [2.05, 4.69) is 56.4 Å². The Hall–Kier alpha value is -3.85. The molecular weight excluding hydrogens is 571 g/mol. The van der Waals surface area contributed by atoms with Crippen LogP contribution in [0.5, 0.6) is 11.6 Å². The summed E-state index contributed by atoms with van der Waals surface area (Å²) in [5.41, 5.74) is 4.72. The Morgan fingerprint density at radius 2 is 1.60 bits per heavy atom. The van der Waals surface area contributed by atoms with Gasteiger partial charge in [-0.2, -0.15) is 4.98 Å². The fraction of sp³-hybridized carbons (Fsp3) is 0.281. The third-order valence-electron chi connectivity index (χ3n) is 7.37. The number of nitrogens with one attached hydrogen (secondary N) is 2. The summed E-state index contributed by atoms with van der Waals surface area (Å²) in [6, 6.07) is 19.6. The van der Waals surface area contributed by atoms with E-state index in [1.807, 2.05) is 44.2 Å². The highest BCUT2D eigenvalue weighted by Gasteiger charge is 2.21. The summed E-state index contributed by atoms with van der Waals surface area (Å²) in [6.45, 7) is 12.4. The van der Waals surface area contributed by atoms with Crippen LogP contribution in [-0.2, 0) is 0 Å². The van der Waals surface area contributed by atoms with E-state index in [0.29, 0.717) is 11.1 Å². The lowest BCUT2D eigenvalue weighted by Gasteiger charge is -2.38. The maximum atomic E-state index is 13.4. The maximum absolute atomic E-state index is 13.4. The first-order valence-electron chi connectivity index (χ1n) is 13.9. The van der Waals surface area contributed by atoms with Crippen molar-refractivity contribution in [3.8, 4) is 11.6 Å². The summed E-state index contributed by atoms with van der Waals surface area (Å²) >= 11 is 12.6. The first kappa shape index (κ1) is 29.6. The Balaban J connectivity index is 1.38. The molecule has 4 aromatic rings. The van der Waals surface area contributed by atoms with Gasteiger partial charge in [-0.1, -0.05) is 47.5 Å². The number of para-hydroxylation sites is 1. The molecule has 8 nitrogen and oxygen atoms in total. The van der Waals surface area contributed by atoms with E-state index in [0.717, 1.165) is 48.7 Å². The van der Waals surface area contributed by atoms with Crippen molar-refractivity contribution in [2.24, 2.45) is 0 Å². The first-order valence-corrected chi connectivity index (χ1v) is 14.7. The second-order valence-electron chi connectivity index (χ2n) is 10.6. The average Bonchev–Trinajstić information content (AvgIpc) is 2.98. The molecule has 0 aliphatic carbocycles. The fourth-order valence-electron chi connectivity index (χ4n) is 4.90. The van der Waals surface area contributed by atoms with Gasteiger partial charge >= 0.3 is 0 Å². The van der Waals surface area contributed by atoms with Crippen molar-refractivity contribution in [1.82, 2.24) is 14.9 Å². The van der Waals surface area contributed by atoms with Crippen molar-refractivity contribution in [2.75, 3.05) is 41.7 Å². The van der Waals surface area contributed by atoms with Gasteiger partial charge in [-0.3, -0.25) is 9.69 Å². The van der Waals surface area contributed by atoms with Crippen molar-refractivity contribution < 1.29 is 9.53 Å². The number of hydrogen-bond acceptors (Lipinski definition) is 7. The molecule has 0 spiro atoms. The number of nitrogens with zero attached hydrogens (tertiary/aromatic N) is 4. The SMILES string of the molecule is Cc1cccc(C)c1NC(=O)c1cnc(Nc2ccc(N3CCN(C(C)C)CC3)cc2)nc1Oc1cccc(Cl)c1Cl. The van der Waals surface area contributed by atoms with Gasteiger partial charge in [0.05, 0.1) is 5.02 Å².